The number of nitrogens with zero attached hydrogens (tertiary/aromatic N) is 4. The molecule has 0 amide bonds. The Morgan fingerprint density at radius 2 is 2.16 bits per heavy atom. The van der Waals surface area contributed by atoms with Crippen LogP contribution in [0.2, 0.25) is 5.28 Å². The highest BCUT2D eigenvalue weighted by molar-refractivity contribution is 6.28. The SMILES string of the molecule is CCCNc1nc(Cl)nc(N2CCC(C(C)C)C2)n1. The van der Waals surface area contributed by atoms with Crippen LogP contribution >= 0.6 is 11.6 Å². The van der Waals surface area contributed by atoms with E-state index in [1.165, 1.54) is 6.42 Å². The van der Waals surface area contributed by atoms with Gasteiger partial charge in [-0.1, -0.05) is 20.8 Å². The van der Waals surface area contributed by atoms with E-state index >= 15 is 0 Å². The van der Waals surface area contributed by atoms with E-state index in [0.29, 0.717) is 23.7 Å². The average molecular weight is 284 g/mol. The Bertz CT molecular complexity index is 423. The van der Waals surface area contributed by atoms with Crippen LogP contribution in [0.25, 0.3) is 0 Å². The van der Waals surface area contributed by atoms with Crippen LogP contribution in [0.3, 0.4) is 0 Å². The van der Waals surface area contributed by atoms with E-state index in [-0.39, 0.29) is 5.28 Å². The minimum Gasteiger partial charge on any atom is -0.354 e. The number of hydrogen-bond donors (Lipinski definition) is 1. The summed E-state index contributed by atoms with van der Waals surface area (Å²) in [7, 11) is 0. The summed E-state index contributed by atoms with van der Waals surface area (Å²) in [6.07, 6.45) is 2.22. The topological polar surface area (TPSA) is 53.9 Å². The minimum absolute atomic E-state index is 0.261. The molecular formula is C13H22ClN5. The van der Waals surface area contributed by atoms with Crippen molar-refractivity contribution in [1.29, 1.82) is 0 Å². The first-order chi connectivity index (χ1) is 9.10. The summed E-state index contributed by atoms with van der Waals surface area (Å²) in [5, 5.41) is 3.42. The van der Waals surface area contributed by atoms with Gasteiger partial charge in [-0.3, -0.25) is 0 Å². The fourth-order valence-corrected chi connectivity index (χ4v) is 2.47. The molecule has 6 heteroatoms. The Morgan fingerprint density at radius 1 is 1.37 bits per heavy atom. The molecule has 1 fully saturated rings. The summed E-state index contributed by atoms with van der Waals surface area (Å²) in [6, 6.07) is 0. The Hall–Kier alpha value is -1.10. The van der Waals surface area contributed by atoms with Gasteiger partial charge in [0.15, 0.2) is 0 Å². The number of aromatic nitrogens is 3. The van der Waals surface area contributed by atoms with Crippen LogP contribution in [0, 0.1) is 11.8 Å². The molecule has 106 valence electrons. The van der Waals surface area contributed by atoms with Crippen molar-refractivity contribution >= 4 is 23.5 Å². The highest BCUT2D eigenvalue weighted by Gasteiger charge is 2.27. The van der Waals surface area contributed by atoms with Gasteiger partial charge in [-0.25, -0.2) is 0 Å². The Kier molecular flexibility index (Phi) is 4.80. The number of rotatable bonds is 5. The molecule has 0 bridgehead atoms. The molecule has 0 saturated carbocycles. The molecule has 1 aromatic heterocycles. The third-order valence-electron chi connectivity index (χ3n) is 3.58. The van der Waals surface area contributed by atoms with Crippen LogP contribution in [-0.2, 0) is 0 Å². The molecule has 5 nitrogen and oxygen atoms in total. The molecular weight excluding hydrogens is 262 g/mol. The molecule has 0 aliphatic carbocycles. The summed E-state index contributed by atoms with van der Waals surface area (Å²) < 4.78 is 0. The lowest BCUT2D eigenvalue weighted by Crippen LogP contribution is -2.24. The maximum absolute atomic E-state index is 5.98. The van der Waals surface area contributed by atoms with Crippen LogP contribution in [0.5, 0.6) is 0 Å². The monoisotopic (exact) mass is 283 g/mol. The first-order valence-electron chi connectivity index (χ1n) is 7.00. The first-order valence-corrected chi connectivity index (χ1v) is 7.38. The molecule has 0 radical (unpaired) electrons. The zero-order chi connectivity index (χ0) is 13.8. The highest BCUT2D eigenvalue weighted by atomic mass is 35.5. The Balaban J connectivity index is 2.09. The third kappa shape index (κ3) is 3.69. The van der Waals surface area contributed by atoms with E-state index in [2.05, 4.69) is 45.9 Å². The second-order valence-electron chi connectivity index (χ2n) is 5.39. The Labute approximate surface area is 119 Å². The zero-order valence-electron chi connectivity index (χ0n) is 11.9. The van der Waals surface area contributed by atoms with Gasteiger partial charge in [0.05, 0.1) is 0 Å². The van der Waals surface area contributed by atoms with Crippen molar-refractivity contribution in [2.75, 3.05) is 29.9 Å². The van der Waals surface area contributed by atoms with E-state index < -0.39 is 0 Å². The predicted molar refractivity (Wildman–Crippen MR) is 78.8 cm³/mol. The molecule has 1 aliphatic heterocycles. The molecule has 1 aromatic rings. The molecule has 0 spiro atoms. The van der Waals surface area contributed by atoms with E-state index in [0.717, 1.165) is 26.1 Å². The van der Waals surface area contributed by atoms with Crippen LogP contribution in [0.1, 0.15) is 33.6 Å². The van der Waals surface area contributed by atoms with Gasteiger partial charge in [-0.05, 0) is 36.3 Å². The van der Waals surface area contributed by atoms with E-state index in [4.69, 9.17) is 11.6 Å². The number of halogens is 1. The number of hydrogen-bond acceptors (Lipinski definition) is 5. The molecule has 2 rings (SSSR count). The van der Waals surface area contributed by atoms with Crippen molar-refractivity contribution in [3.8, 4) is 0 Å². The highest BCUT2D eigenvalue weighted by Crippen LogP contribution is 2.27. The van der Waals surface area contributed by atoms with Crippen LogP contribution in [0.15, 0.2) is 0 Å². The molecule has 1 aliphatic rings. The van der Waals surface area contributed by atoms with E-state index in [1.54, 1.807) is 0 Å². The lowest BCUT2D eigenvalue weighted by molar-refractivity contribution is 0.422. The van der Waals surface area contributed by atoms with Gasteiger partial charge in [0, 0.05) is 19.6 Å². The molecule has 1 saturated heterocycles. The predicted octanol–water partition coefficient (Wildman–Crippen LogP) is 2.83. The minimum atomic E-state index is 0.261. The van der Waals surface area contributed by atoms with Gasteiger partial charge in [0.25, 0.3) is 0 Å². The van der Waals surface area contributed by atoms with Crippen LogP contribution in [0.4, 0.5) is 11.9 Å². The quantitative estimate of drug-likeness (QED) is 0.900. The van der Waals surface area contributed by atoms with Gasteiger partial charge in [0.1, 0.15) is 0 Å². The van der Waals surface area contributed by atoms with Crippen LogP contribution < -0.4 is 10.2 Å². The van der Waals surface area contributed by atoms with E-state index in [1.807, 2.05) is 0 Å². The maximum Gasteiger partial charge on any atom is 0.231 e. The maximum atomic E-state index is 5.98. The number of anilines is 2. The lowest BCUT2D eigenvalue weighted by Gasteiger charge is -2.18. The van der Waals surface area contributed by atoms with E-state index in [9.17, 15) is 0 Å². The summed E-state index contributed by atoms with van der Waals surface area (Å²) in [5.41, 5.74) is 0. The van der Waals surface area contributed by atoms with Crippen molar-refractivity contribution < 1.29 is 0 Å². The van der Waals surface area contributed by atoms with Crippen molar-refractivity contribution in [3.05, 3.63) is 5.28 Å². The second kappa shape index (κ2) is 6.37. The molecule has 1 unspecified atom stereocenters. The largest absolute Gasteiger partial charge is 0.354 e. The van der Waals surface area contributed by atoms with Gasteiger partial charge >= 0.3 is 0 Å². The fourth-order valence-electron chi connectivity index (χ4n) is 2.31. The average Bonchev–Trinajstić information content (AvgIpc) is 2.85. The van der Waals surface area contributed by atoms with Gasteiger partial charge in [-0.2, -0.15) is 15.0 Å². The summed E-state index contributed by atoms with van der Waals surface area (Å²) in [5.74, 6) is 2.68. The summed E-state index contributed by atoms with van der Waals surface area (Å²) in [6.45, 7) is 9.48. The molecule has 0 aromatic carbocycles. The molecule has 1 atom stereocenters. The third-order valence-corrected chi connectivity index (χ3v) is 3.75. The molecule has 2 heterocycles. The normalized spacial score (nSPS) is 19.2. The van der Waals surface area contributed by atoms with Crippen molar-refractivity contribution in [3.63, 3.8) is 0 Å². The lowest BCUT2D eigenvalue weighted by atomic mass is 9.95. The molecule has 1 N–H and O–H groups in total. The summed E-state index contributed by atoms with van der Waals surface area (Å²) >= 11 is 5.98. The zero-order valence-corrected chi connectivity index (χ0v) is 12.6. The Morgan fingerprint density at radius 3 is 2.79 bits per heavy atom. The van der Waals surface area contributed by atoms with Crippen molar-refractivity contribution in [1.82, 2.24) is 15.0 Å². The fraction of sp³-hybridized carbons (Fsp3) is 0.769. The molecule has 19 heavy (non-hydrogen) atoms. The van der Waals surface area contributed by atoms with Gasteiger partial charge in [0.2, 0.25) is 17.2 Å². The van der Waals surface area contributed by atoms with Gasteiger partial charge in [-0.15, -0.1) is 0 Å². The first kappa shape index (κ1) is 14.3. The standard InChI is InChI=1S/C13H22ClN5/c1-4-6-15-12-16-11(14)17-13(18-12)19-7-5-10(8-19)9(2)3/h9-10H,4-8H2,1-3H3,(H,15,16,17,18). The van der Waals surface area contributed by atoms with Gasteiger partial charge < -0.3 is 10.2 Å². The number of nitrogens with one attached hydrogen (secondary N) is 1. The van der Waals surface area contributed by atoms with Crippen molar-refractivity contribution in [2.24, 2.45) is 11.8 Å². The van der Waals surface area contributed by atoms with Crippen molar-refractivity contribution in [2.45, 2.75) is 33.6 Å². The smallest absolute Gasteiger partial charge is 0.231 e. The second-order valence-corrected chi connectivity index (χ2v) is 5.73. The summed E-state index contributed by atoms with van der Waals surface area (Å²) in [4.78, 5) is 15.0. The van der Waals surface area contributed by atoms with Crippen LogP contribution in [-0.4, -0.2) is 34.6 Å².